The minimum absolute atomic E-state index is 0. The van der Waals surface area contributed by atoms with Crippen molar-refractivity contribution in [3.05, 3.63) is 17.7 Å². The first-order chi connectivity index (χ1) is 13.0. The monoisotopic (exact) mass is 508 g/mol. The number of guanidine groups is 1. The molecule has 0 aliphatic carbocycles. The summed E-state index contributed by atoms with van der Waals surface area (Å²) in [6.07, 6.45) is 0. The van der Waals surface area contributed by atoms with Gasteiger partial charge in [0.25, 0.3) is 0 Å². The quantitative estimate of drug-likeness (QED) is 0.194. The molecule has 1 rings (SSSR count). The highest BCUT2D eigenvalue weighted by Gasteiger charge is 2.13. The van der Waals surface area contributed by atoms with Crippen molar-refractivity contribution < 1.29 is 19.0 Å². The number of benzene rings is 1. The zero-order valence-electron chi connectivity index (χ0n) is 17.5. The lowest BCUT2D eigenvalue weighted by atomic mass is 10.2. The number of hydrogen-bond donors (Lipinski definition) is 3. The van der Waals surface area contributed by atoms with Crippen molar-refractivity contribution >= 4 is 35.8 Å². The third-order valence-corrected chi connectivity index (χ3v) is 3.73. The molecule has 9 heteroatoms. The fraction of sp³-hybridized carbons (Fsp3) is 0.579. The zero-order chi connectivity index (χ0) is 20.2. The topological polar surface area (TPSA) is 93.2 Å². The minimum atomic E-state index is -0.0214. The van der Waals surface area contributed by atoms with Gasteiger partial charge in [-0.15, -0.1) is 24.0 Å². The first-order valence-electron chi connectivity index (χ1n) is 9.05. The summed E-state index contributed by atoms with van der Waals surface area (Å²) in [5.41, 5.74) is 0.926. The van der Waals surface area contributed by atoms with Gasteiger partial charge < -0.3 is 30.2 Å². The van der Waals surface area contributed by atoms with Crippen LogP contribution in [0.2, 0.25) is 0 Å². The van der Waals surface area contributed by atoms with Crippen LogP contribution >= 0.6 is 24.0 Å². The largest absolute Gasteiger partial charge is 0.493 e. The molecule has 0 aliphatic rings. The number of ether oxygens (including phenoxy) is 3. The lowest BCUT2D eigenvalue weighted by molar-refractivity contribution is -0.123. The summed E-state index contributed by atoms with van der Waals surface area (Å²) in [7, 11) is 4.74. The standard InChI is InChI=1S/C19H32N4O4.HI/c1-7-20-19(22-9-8-21-18(24)13(2)3)23-12-14-10-15(25-4)17(27-6)16(11-14)26-5;/h10-11,13H,7-9,12H2,1-6H3,(H,21,24)(H2,20,22,23);1H. The number of rotatable bonds is 10. The molecule has 0 aromatic heterocycles. The Hall–Kier alpha value is -1.91. The van der Waals surface area contributed by atoms with E-state index < -0.39 is 0 Å². The number of carbonyl (C=O) groups excluding carboxylic acids is 1. The van der Waals surface area contributed by atoms with Crippen molar-refractivity contribution in [1.29, 1.82) is 0 Å². The van der Waals surface area contributed by atoms with E-state index in [1.54, 1.807) is 21.3 Å². The summed E-state index contributed by atoms with van der Waals surface area (Å²) in [4.78, 5) is 16.1. The number of amides is 1. The highest BCUT2D eigenvalue weighted by Crippen LogP contribution is 2.38. The van der Waals surface area contributed by atoms with E-state index in [4.69, 9.17) is 14.2 Å². The maximum absolute atomic E-state index is 11.6. The molecule has 28 heavy (non-hydrogen) atoms. The Labute approximate surface area is 184 Å². The van der Waals surface area contributed by atoms with Crippen LogP contribution in [0.3, 0.4) is 0 Å². The van der Waals surface area contributed by atoms with Crippen LogP contribution in [0.5, 0.6) is 17.2 Å². The van der Waals surface area contributed by atoms with Crippen LogP contribution in [0.15, 0.2) is 17.1 Å². The molecule has 0 bridgehead atoms. The summed E-state index contributed by atoms with van der Waals surface area (Å²) < 4.78 is 16.1. The van der Waals surface area contributed by atoms with E-state index in [1.807, 2.05) is 32.9 Å². The molecule has 8 nitrogen and oxygen atoms in total. The Morgan fingerprint density at radius 2 is 1.57 bits per heavy atom. The lowest BCUT2D eigenvalue weighted by Gasteiger charge is -2.15. The second-order valence-corrected chi connectivity index (χ2v) is 6.10. The van der Waals surface area contributed by atoms with Crippen molar-refractivity contribution in [2.45, 2.75) is 27.3 Å². The van der Waals surface area contributed by atoms with E-state index in [1.165, 1.54) is 0 Å². The van der Waals surface area contributed by atoms with Crippen molar-refractivity contribution in [3.63, 3.8) is 0 Å². The molecule has 0 fully saturated rings. The third-order valence-electron chi connectivity index (χ3n) is 3.73. The van der Waals surface area contributed by atoms with E-state index in [-0.39, 0.29) is 35.8 Å². The number of aliphatic imine (C=N–C) groups is 1. The molecule has 0 heterocycles. The van der Waals surface area contributed by atoms with Gasteiger partial charge in [0.2, 0.25) is 11.7 Å². The molecule has 0 spiro atoms. The van der Waals surface area contributed by atoms with Crippen LogP contribution in [0.25, 0.3) is 0 Å². The van der Waals surface area contributed by atoms with Gasteiger partial charge in [0.05, 0.1) is 27.9 Å². The molecule has 0 atom stereocenters. The molecule has 0 unspecified atom stereocenters. The number of nitrogens with zero attached hydrogens (tertiary/aromatic N) is 1. The Bertz CT molecular complexity index is 613. The van der Waals surface area contributed by atoms with E-state index in [0.717, 1.165) is 12.1 Å². The van der Waals surface area contributed by atoms with E-state index in [2.05, 4.69) is 20.9 Å². The first-order valence-corrected chi connectivity index (χ1v) is 9.05. The van der Waals surface area contributed by atoms with Crippen molar-refractivity contribution in [3.8, 4) is 17.2 Å². The predicted octanol–water partition coefficient (Wildman–Crippen LogP) is 2.16. The fourth-order valence-corrected chi connectivity index (χ4v) is 2.31. The molecule has 0 radical (unpaired) electrons. The zero-order valence-corrected chi connectivity index (χ0v) is 19.9. The average Bonchev–Trinajstić information content (AvgIpc) is 2.67. The Balaban J connectivity index is 0.00000729. The molecule has 1 aromatic rings. The second kappa shape index (κ2) is 14.1. The van der Waals surface area contributed by atoms with Crippen molar-refractivity contribution in [2.24, 2.45) is 10.9 Å². The molecule has 0 aliphatic heterocycles. The van der Waals surface area contributed by atoms with Crippen LogP contribution in [-0.4, -0.2) is 52.8 Å². The van der Waals surface area contributed by atoms with Crippen LogP contribution in [-0.2, 0) is 11.3 Å². The molecule has 0 saturated heterocycles. The van der Waals surface area contributed by atoms with E-state index in [0.29, 0.717) is 42.8 Å². The molecular weight excluding hydrogens is 475 g/mol. The molecule has 3 N–H and O–H groups in total. The number of methoxy groups -OCH3 is 3. The summed E-state index contributed by atoms with van der Waals surface area (Å²) in [6.45, 7) is 8.02. The normalized spacial score (nSPS) is 10.8. The third kappa shape index (κ3) is 8.41. The Kier molecular flexibility index (Phi) is 13.2. The van der Waals surface area contributed by atoms with Gasteiger partial charge in [0.15, 0.2) is 17.5 Å². The van der Waals surface area contributed by atoms with Gasteiger partial charge in [0, 0.05) is 25.6 Å². The second-order valence-electron chi connectivity index (χ2n) is 6.10. The minimum Gasteiger partial charge on any atom is -0.493 e. The van der Waals surface area contributed by atoms with Crippen LogP contribution in [0, 0.1) is 5.92 Å². The van der Waals surface area contributed by atoms with E-state index in [9.17, 15) is 4.79 Å². The summed E-state index contributed by atoms with van der Waals surface area (Å²) in [5, 5.41) is 9.25. The summed E-state index contributed by atoms with van der Waals surface area (Å²) in [6, 6.07) is 3.74. The summed E-state index contributed by atoms with van der Waals surface area (Å²) in [5.74, 6) is 2.43. The van der Waals surface area contributed by atoms with Gasteiger partial charge in [-0.3, -0.25) is 4.79 Å². The van der Waals surface area contributed by atoms with Gasteiger partial charge in [-0.05, 0) is 24.6 Å². The molecule has 0 saturated carbocycles. The van der Waals surface area contributed by atoms with Gasteiger partial charge in [0.1, 0.15) is 0 Å². The first kappa shape index (κ1) is 26.1. The van der Waals surface area contributed by atoms with Crippen LogP contribution in [0.1, 0.15) is 26.3 Å². The van der Waals surface area contributed by atoms with Gasteiger partial charge in [-0.1, -0.05) is 13.8 Å². The SMILES string of the molecule is CCNC(=NCc1cc(OC)c(OC)c(OC)c1)NCCNC(=O)C(C)C.I. The predicted molar refractivity (Wildman–Crippen MR) is 122 cm³/mol. The fourth-order valence-electron chi connectivity index (χ4n) is 2.31. The van der Waals surface area contributed by atoms with Crippen molar-refractivity contribution in [2.75, 3.05) is 41.0 Å². The Morgan fingerprint density at radius 3 is 2.04 bits per heavy atom. The molecule has 1 aromatic carbocycles. The van der Waals surface area contributed by atoms with Crippen LogP contribution < -0.4 is 30.2 Å². The highest BCUT2D eigenvalue weighted by atomic mass is 127. The number of carbonyl (C=O) groups is 1. The van der Waals surface area contributed by atoms with Gasteiger partial charge in [-0.2, -0.15) is 0 Å². The van der Waals surface area contributed by atoms with Crippen molar-refractivity contribution in [1.82, 2.24) is 16.0 Å². The lowest BCUT2D eigenvalue weighted by Crippen LogP contribution is -2.42. The molecular formula is C19H33IN4O4. The van der Waals surface area contributed by atoms with E-state index >= 15 is 0 Å². The van der Waals surface area contributed by atoms with Gasteiger partial charge in [-0.25, -0.2) is 4.99 Å². The smallest absolute Gasteiger partial charge is 0.222 e. The average molecular weight is 508 g/mol. The highest BCUT2D eigenvalue weighted by molar-refractivity contribution is 14.0. The summed E-state index contributed by atoms with van der Waals surface area (Å²) >= 11 is 0. The molecule has 160 valence electrons. The number of nitrogens with one attached hydrogen (secondary N) is 3. The Morgan fingerprint density at radius 1 is 1.00 bits per heavy atom. The number of hydrogen-bond acceptors (Lipinski definition) is 5. The van der Waals surface area contributed by atoms with Crippen LogP contribution in [0.4, 0.5) is 0 Å². The molecule has 1 amide bonds. The number of halogens is 1. The van der Waals surface area contributed by atoms with Gasteiger partial charge >= 0.3 is 0 Å². The maximum atomic E-state index is 11.6. The maximum Gasteiger partial charge on any atom is 0.222 e.